The van der Waals surface area contributed by atoms with Gasteiger partial charge in [0, 0.05) is 0 Å². The first kappa shape index (κ1) is 10.2. The van der Waals surface area contributed by atoms with Crippen molar-refractivity contribution in [3.63, 3.8) is 0 Å². The zero-order valence-electron chi connectivity index (χ0n) is 9.75. The first-order valence-electron chi connectivity index (χ1n) is 5.73. The summed E-state index contributed by atoms with van der Waals surface area (Å²) in [4.78, 5) is 0. The van der Waals surface area contributed by atoms with Crippen molar-refractivity contribution in [1.29, 1.82) is 0 Å². The highest BCUT2D eigenvalue weighted by Crippen LogP contribution is 2.28. The van der Waals surface area contributed by atoms with Gasteiger partial charge in [-0.25, -0.2) is 0 Å². The molecule has 0 aromatic carbocycles. The predicted octanol–water partition coefficient (Wildman–Crippen LogP) is 4.48. The monoisotopic (exact) mass is 198 g/mol. The molecule has 0 saturated carbocycles. The van der Waals surface area contributed by atoms with Crippen molar-refractivity contribution in [3.05, 3.63) is 47.5 Å². The fourth-order valence-corrected chi connectivity index (χ4v) is 1.93. The molecule has 0 aliphatic heterocycles. The average molecular weight is 198 g/mol. The lowest BCUT2D eigenvalue weighted by molar-refractivity contribution is 0.869. The Morgan fingerprint density at radius 2 is 1.73 bits per heavy atom. The van der Waals surface area contributed by atoms with Crippen molar-refractivity contribution < 1.29 is 0 Å². The molecule has 2 aliphatic carbocycles. The topological polar surface area (TPSA) is 0 Å². The molecule has 0 fully saturated rings. The molecule has 15 heavy (non-hydrogen) atoms. The molecule has 0 nitrogen and oxygen atoms in total. The number of hydrogen-bond donors (Lipinski definition) is 0. The molecule has 0 bridgehead atoms. The normalized spacial score (nSPS) is 11.2. The highest BCUT2D eigenvalue weighted by Gasteiger charge is 2.06. The van der Waals surface area contributed by atoms with Crippen molar-refractivity contribution in [2.24, 2.45) is 0 Å². The van der Waals surface area contributed by atoms with E-state index in [0.717, 1.165) is 6.42 Å². The molecule has 0 atom stereocenters. The maximum atomic E-state index is 2.32. The SMILES string of the molecule is CCc1cc2cccc(C(C)C)cc-2c1. The molecule has 0 heterocycles. The minimum Gasteiger partial charge on any atom is -0.0614 e. The van der Waals surface area contributed by atoms with Crippen LogP contribution in [-0.4, -0.2) is 0 Å². The van der Waals surface area contributed by atoms with Crippen LogP contribution in [-0.2, 0) is 6.42 Å². The largest absolute Gasteiger partial charge is 0.0614 e. The molecular formula is C15H18. The smallest absolute Gasteiger partial charge is 0.0178 e. The van der Waals surface area contributed by atoms with Gasteiger partial charge in [-0.15, -0.1) is 0 Å². The van der Waals surface area contributed by atoms with Gasteiger partial charge in [0.2, 0.25) is 0 Å². The van der Waals surface area contributed by atoms with Crippen molar-refractivity contribution >= 4 is 0 Å². The highest BCUT2D eigenvalue weighted by molar-refractivity contribution is 5.68. The summed E-state index contributed by atoms with van der Waals surface area (Å²) in [5, 5.41) is 0. The van der Waals surface area contributed by atoms with Crippen LogP contribution in [0.3, 0.4) is 0 Å². The standard InChI is InChI=1S/C15H18/c1-4-12-8-14-7-5-6-13(11(2)3)10-15(14)9-12/h5-11H,4H2,1-3H3. The molecule has 0 heteroatoms. The van der Waals surface area contributed by atoms with Gasteiger partial charge in [0.15, 0.2) is 0 Å². The third kappa shape index (κ3) is 2.04. The van der Waals surface area contributed by atoms with Crippen LogP contribution in [0.4, 0.5) is 0 Å². The third-order valence-corrected chi connectivity index (χ3v) is 2.98. The second-order valence-corrected chi connectivity index (χ2v) is 4.45. The van der Waals surface area contributed by atoms with Gasteiger partial charge < -0.3 is 0 Å². The molecule has 0 aromatic heterocycles. The summed E-state index contributed by atoms with van der Waals surface area (Å²) in [6.45, 7) is 6.69. The minimum absolute atomic E-state index is 0.598. The van der Waals surface area contributed by atoms with Gasteiger partial charge in [-0.1, -0.05) is 57.2 Å². The van der Waals surface area contributed by atoms with Gasteiger partial charge in [-0.3, -0.25) is 0 Å². The van der Waals surface area contributed by atoms with E-state index >= 15 is 0 Å². The average Bonchev–Trinajstić information content (AvgIpc) is 2.49. The summed E-state index contributed by atoms with van der Waals surface area (Å²) in [7, 11) is 0. The van der Waals surface area contributed by atoms with Crippen LogP contribution in [0.5, 0.6) is 0 Å². The second kappa shape index (κ2) is 4.06. The molecule has 0 saturated heterocycles. The van der Waals surface area contributed by atoms with E-state index in [9.17, 15) is 0 Å². The van der Waals surface area contributed by atoms with Crippen molar-refractivity contribution in [2.75, 3.05) is 0 Å². The quantitative estimate of drug-likeness (QED) is 0.667. The summed E-state index contributed by atoms with van der Waals surface area (Å²) >= 11 is 0. The summed E-state index contributed by atoms with van der Waals surface area (Å²) < 4.78 is 0. The molecule has 0 aromatic rings. The molecule has 0 spiro atoms. The van der Waals surface area contributed by atoms with Crippen molar-refractivity contribution in [1.82, 2.24) is 0 Å². The van der Waals surface area contributed by atoms with E-state index < -0.39 is 0 Å². The summed E-state index contributed by atoms with van der Waals surface area (Å²) in [6.07, 6.45) is 1.12. The Morgan fingerprint density at radius 3 is 2.40 bits per heavy atom. The van der Waals surface area contributed by atoms with Gasteiger partial charge in [-0.2, -0.15) is 0 Å². The van der Waals surface area contributed by atoms with E-state index in [0.29, 0.717) is 5.92 Å². The van der Waals surface area contributed by atoms with Crippen LogP contribution in [0.15, 0.2) is 36.4 Å². The van der Waals surface area contributed by atoms with Crippen LogP contribution in [0.2, 0.25) is 0 Å². The van der Waals surface area contributed by atoms with E-state index in [1.165, 1.54) is 22.3 Å². The zero-order chi connectivity index (χ0) is 10.8. The van der Waals surface area contributed by atoms with Gasteiger partial charge in [0.25, 0.3) is 0 Å². The van der Waals surface area contributed by atoms with Crippen molar-refractivity contribution in [2.45, 2.75) is 33.1 Å². The second-order valence-electron chi connectivity index (χ2n) is 4.45. The van der Waals surface area contributed by atoms with Crippen LogP contribution >= 0.6 is 0 Å². The van der Waals surface area contributed by atoms with Crippen LogP contribution in [0.25, 0.3) is 11.1 Å². The Balaban J connectivity index is 2.55. The van der Waals surface area contributed by atoms with E-state index in [1.807, 2.05) is 0 Å². The molecule has 2 aliphatic rings. The Labute approximate surface area is 92.3 Å². The first-order valence-corrected chi connectivity index (χ1v) is 5.73. The first-order chi connectivity index (χ1) is 7.20. The highest BCUT2D eigenvalue weighted by atomic mass is 14.1. The maximum absolute atomic E-state index is 2.32. The molecule has 0 N–H and O–H groups in total. The molecule has 0 unspecified atom stereocenters. The lowest BCUT2D eigenvalue weighted by Gasteiger charge is -2.01. The Hall–Kier alpha value is -1.30. The third-order valence-electron chi connectivity index (χ3n) is 2.98. The predicted molar refractivity (Wildman–Crippen MR) is 66.5 cm³/mol. The fraction of sp³-hybridized carbons (Fsp3) is 0.333. The lowest BCUT2D eigenvalue weighted by Crippen LogP contribution is -1.82. The van der Waals surface area contributed by atoms with Gasteiger partial charge >= 0.3 is 0 Å². The van der Waals surface area contributed by atoms with E-state index in [2.05, 4.69) is 57.2 Å². The molecule has 78 valence electrons. The van der Waals surface area contributed by atoms with Crippen LogP contribution in [0.1, 0.15) is 37.8 Å². The van der Waals surface area contributed by atoms with Gasteiger partial charge in [0.05, 0.1) is 0 Å². The van der Waals surface area contributed by atoms with Gasteiger partial charge in [0.1, 0.15) is 0 Å². The lowest BCUT2D eigenvalue weighted by atomic mass is 10.0. The minimum atomic E-state index is 0.598. The maximum Gasteiger partial charge on any atom is -0.0178 e. The summed E-state index contributed by atoms with van der Waals surface area (Å²) in [5.74, 6) is 0.598. The number of hydrogen-bond acceptors (Lipinski definition) is 0. The molecule has 0 amide bonds. The molecule has 2 rings (SSSR count). The Kier molecular flexibility index (Phi) is 2.77. The summed E-state index contributed by atoms with van der Waals surface area (Å²) in [6, 6.07) is 13.5. The van der Waals surface area contributed by atoms with Crippen LogP contribution < -0.4 is 0 Å². The van der Waals surface area contributed by atoms with E-state index in [-0.39, 0.29) is 0 Å². The van der Waals surface area contributed by atoms with Crippen LogP contribution in [0, 0.1) is 0 Å². The van der Waals surface area contributed by atoms with Gasteiger partial charge in [-0.05, 0) is 34.6 Å². The number of rotatable bonds is 2. The van der Waals surface area contributed by atoms with E-state index in [1.54, 1.807) is 0 Å². The molecule has 0 radical (unpaired) electrons. The Bertz CT molecular complexity index is 426. The number of aryl methyl sites for hydroxylation is 1. The van der Waals surface area contributed by atoms with Crippen molar-refractivity contribution in [3.8, 4) is 11.1 Å². The number of fused-ring (bicyclic) bond motifs is 1. The fourth-order valence-electron chi connectivity index (χ4n) is 1.93. The van der Waals surface area contributed by atoms with E-state index in [4.69, 9.17) is 0 Å². The Morgan fingerprint density at radius 1 is 1.00 bits per heavy atom. The molecular weight excluding hydrogens is 180 g/mol. The summed E-state index contributed by atoms with van der Waals surface area (Å²) in [5.41, 5.74) is 5.59. The zero-order valence-corrected chi connectivity index (χ0v) is 9.75.